The summed E-state index contributed by atoms with van der Waals surface area (Å²) in [5.74, 6) is -0.0551. The fraction of sp³-hybridized carbons (Fsp3) is 0.467. The highest BCUT2D eigenvalue weighted by Crippen LogP contribution is 2.26. The van der Waals surface area contributed by atoms with Gasteiger partial charge in [0.15, 0.2) is 0 Å². The van der Waals surface area contributed by atoms with Crippen LogP contribution in [-0.2, 0) is 22.4 Å². The van der Waals surface area contributed by atoms with E-state index in [-0.39, 0.29) is 23.8 Å². The Balaban J connectivity index is 1.62. The summed E-state index contributed by atoms with van der Waals surface area (Å²) >= 11 is 0. The highest BCUT2D eigenvalue weighted by molar-refractivity contribution is 5.89. The van der Waals surface area contributed by atoms with Crippen LogP contribution in [0.2, 0.25) is 0 Å². The van der Waals surface area contributed by atoms with Crippen molar-refractivity contribution >= 4 is 11.8 Å². The molecular formula is C15H18N2O2. The fourth-order valence-electron chi connectivity index (χ4n) is 2.94. The molecule has 4 nitrogen and oxygen atoms in total. The van der Waals surface area contributed by atoms with Crippen molar-refractivity contribution in [2.24, 2.45) is 5.92 Å². The van der Waals surface area contributed by atoms with Crippen LogP contribution in [0.3, 0.4) is 0 Å². The van der Waals surface area contributed by atoms with Crippen molar-refractivity contribution in [1.29, 1.82) is 0 Å². The highest BCUT2D eigenvalue weighted by atomic mass is 16.2. The van der Waals surface area contributed by atoms with E-state index in [1.165, 1.54) is 11.1 Å². The van der Waals surface area contributed by atoms with Crippen LogP contribution in [0.4, 0.5) is 0 Å². The quantitative estimate of drug-likeness (QED) is 0.824. The molecular weight excluding hydrogens is 240 g/mol. The second kappa shape index (κ2) is 5.03. The maximum atomic E-state index is 12.2. The lowest BCUT2D eigenvalue weighted by molar-refractivity contribution is -0.131. The summed E-state index contributed by atoms with van der Waals surface area (Å²) in [6, 6.07) is 7.83. The van der Waals surface area contributed by atoms with E-state index >= 15 is 0 Å². The first-order valence-corrected chi connectivity index (χ1v) is 6.89. The average Bonchev–Trinajstić information content (AvgIpc) is 2.85. The topological polar surface area (TPSA) is 58.2 Å². The molecule has 2 N–H and O–H groups in total. The number of carbonyl (C=O) groups excluding carboxylic acids is 2. The maximum absolute atomic E-state index is 12.2. The summed E-state index contributed by atoms with van der Waals surface area (Å²) in [4.78, 5) is 23.9. The van der Waals surface area contributed by atoms with Crippen LogP contribution in [-0.4, -0.2) is 24.4 Å². The third-order valence-corrected chi connectivity index (χ3v) is 4.02. The van der Waals surface area contributed by atoms with Crippen LogP contribution in [0.1, 0.15) is 24.0 Å². The monoisotopic (exact) mass is 258 g/mol. The minimum atomic E-state index is -0.343. The van der Waals surface area contributed by atoms with Gasteiger partial charge in [0, 0.05) is 12.5 Å². The molecule has 2 aliphatic rings. The Morgan fingerprint density at radius 2 is 1.89 bits per heavy atom. The van der Waals surface area contributed by atoms with E-state index in [1.807, 2.05) is 12.1 Å². The lowest BCUT2D eigenvalue weighted by atomic mass is 10.0. The molecule has 0 aromatic heterocycles. The molecule has 1 heterocycles. The average molecular weight is 258 g/mol. The van der Waals surface area contributed by atoms with Crippen LogP contribution in [0.5, 0.6) is 0 Å². The van der Waals surface area contributed by atoms with Crippen LogP contribution in [0, 0.1) is 5.92 Å². The summed E-state index contributed by atoms with van der Waals surface area (Å²) in [7, 11) is 0. The van der Waals surface area contributed by atoms with E-state index in [9.17, 15) is 9.59 Å². The van der Waals surface area contributed by atoms with Crippen LogP contribution in [0.15, 0.2) is 24.3 Å². The second-order valence-corrected chi connectivity index (χ2v) is 5.37. The van der Waals surface area contributed by atoms with Crippen molar-refractivity contribution < 1.29 is 9.59 Å². The summed E-state index contributed by atoms with van der Waals surface area (Å²) < 4.78 is 0. The molecule has 2 amide bonds. The van der Waals surface area contributed by atoms with E-state index in [0.717, 1.165) is 32.2 Å². The molecule has 1 aromatic carbocycles. The van der Waals surface area contributed by atoms with Gasteiger partial charge in [-0.25, -0.2) is 0 Å². The van der Waals surface area contributed by atoms with Gasteiger partial charge in [-0.1, -0.05) is 24.3 Å². The van der Waals surface area contributed by atoms with Gasteiger partial charge in [0.1, 0.15) is 6.04 Å². The predicted octanol–water partition coefficient (Wildman–Crippen LogP) is 0.796. The van der Waals surface area contributed by atoms with Crippen LogP contribution in [0.25, 0.3) is 0 Å². The summed E-state index contributed by atoms with van der Waals surface area (Å²) in [5, 5.41) is 5.69. The van der Waals surface area contributed by atoms with E-state index in [2.05, 4.69) is 22.8 Å². The van der Waals surface area contributed by atoms with E-state index < -0.39 is 0 Å². The molecule has 1 aliphatic carbocycles. The molecule has 19 heavy (non-hydrogen) atoms. The first-order chi connectivity index (χ1) is 9.24. The van der Waals surface area contributed by atoms with Gasteiger partial charge >= 0.3 is 0 Å². The molecule has 1 aliphatic heterocycles. The molecule has 3 rings (SSSR count). The van der Waals surface area contributed by atoms with Gasteiger partial charge in [0.05, 0.1) is 0 Å². The smallest absolute Gasteiger partial charge is 0.242 e. The minimum Gasteiger partial charge on any atom is -0.354 e. The van der Waals surface area contributed by atoms with E-state index in [0.29, 0.717) is 0 Å². The minimum absolute atomic E-state index is 0.0123. The standard InChI is InChI=1S/C15H18N2O2/c18-14(17-13-6-3-7-16-15(13)19)12-8-10-4-1-2-5-11(10)9-12/h1-2,4-5,12-13H,3,6-9H2,(H,16,19)(H,17,18). The molecule has 1 aromatic rings. The predicted molar refractivity (Wildman–Crippen MR) is 71.5 cm³/mol. The Kier molecular flexibility index (Phi) is 3.23. The Bertz CT molecular complexity index is 488. The van der Waals surface area contributed by atoms with Crippen LogP contribution >= 0.6 is 0 Å². The third kappa shape index (κ3) is 2.48. The van der Waals surface area contributed by atoms with Crippen molar-refractivity contribution in [3.05, 3.63) is 35.4 Å². The third-order valence-electron chi connectivity index (χ3n) is 4.02. The number of carbonyl (C=O) groups is 2. The van der Waals surface area contributed by atoms with Gasteiger partial charge in [-0.15, -0.1) is 0 Å². The van der Waals surface area contributed by atoms with E-state index in [4.69, 9.17) is 0 Å². The van der Waals surface area contributed by atoms with Crippen molar-refractivity contribution in [2.75, 3.05) is 6.54 Å². The van der Waals surface area contributed by atoms with Crippen molar-refractivity contribution in [3.63, 3.8) is 0 Å². The highest BCUT2D eigenvalue weighted by Gasteiger charge is 2.30. The van der Waals surface area contributed by atoms with Gasteiger partial charge in [-0.05, 0) is 36.8 Å². The molecule has 4 heteroatoms. The van der Waals surface area contributed by atoms with Crippen molar-refractivity contribution in [1.82, 2.24) is 10.6 Å². The van der Waals surface area contributed by atoms with E-state index in [1.54, 1.807) is 0 Å². The van der Waals surface area contributed by atoms with Gasteiger partial charge in [-0.3, -0.25) is 9.59 Å². The van der Waals surface area contributed by atoms with Gasteiger partial charge in [0.25, 0.3) is 0 Å². The molecule has 0 saturated carbocycles. The largest absolute Gasteiger partial charge is 0.354 e. The molecule has 0 bridgehead atoms. The second-order valence-electron chi connectivity index (χ2n) is 5.37. The SMILES string of the molecule is O=C(NC1CCCNC1=O)C1Cc2ccccc2C1. The fourth-order valence-corrected chi connectivity index (χ4v) is 2.94. The molecule has 1 unspecified atom stereocenters. The first kappa shape index (κ1) is 12.2. The number of rotatable bonds is 2. The van der Waals surface area contributed by atoms with Gasteiger partial charge in [-0.2, -0.15) is 0 Å². The zero-order valence-corrected chi connectivity index (χ0v) is 10.8. The van der Waals surface area contributed by atoms with Gasteiger partial charge in [0.2, 0.25) is 11.8 Å². The zero-order valence-electron chi connectivity index (χ0n) is 10.8. The number of benzene rings is 1. The lowest BCUT2D eigenvalue weighted by Crippen LogP contribution is -2.51. The number of fused-ring (bicyclic) bond motifs is 1. The maximum Gasteiger partial charge on any atom is 0.242 e. The Morgan fingerprint density at radius 3 is 2.53 bits per heavy atom. The van der Waals surface area contributed by atoms with Crippen LogP contribution < -0.4 is 10.6 Å². The molecule has 0 spiro atoms. The lowest BCUT2D eigenvalue weighted by Gasteiger charge is -2.24. The van der Waals surface area contributed by atoms with Crippen molar-refractivity contribution in [3.8, 4) is 0 Å². The number of amides is 2. The van der Waals surface area contributed by atoms with Gasteiger partial charge < -0.3 is 10.6 Å². The number of piperidine rings is 1. The number of nitrogens with one attached hydrogen (secondary N) is 2. The Labute approximate surface area is 112 Å². The summed E-state index contributed by atoms with van der Waals surface area (Å²) in [5.41, 5.74) is 2.52. The zero-order chi connectivity index (χ0) is 13.2. The molecule has 1 atom stereocenters. The summed E-state index contributed by atoms with van der Waals surface area (Å²) in [6.07, 6.45) is 3.26. The Morgan fingerprint density at radius 1 is 1.21 bits per heavy atom. The normalized spacial score (nSPS) is 22.7. The number of hydrogen-bond acceptors (Lipinski definition) is 2. The number of hydrogen-bond donors (Lipinski definition) is 2. The molecule has 1 saturated heterocycles. The molecule has 1 fully saturated rings. The molecule has 0 radical (unpaired) electrons. The first-order valence-electron chi connectivity index (χ1n) is 6.89. The van der Waals surface area contributed by atoms with Crippen molar-refractivity contribution in [2.45, 2.75) is 31.7 Å². The Hall–Kier alpha value is -1.84. The molecule has 100 valence electrons. The summed E-state index contributed by atoms with van der Waals surface area (Å²) in [6.45, 7) is 0.722.